The topological polar surface area (TPSA) is 29.1 Å². The Morgan fingerprint density at radius 2 is 1.92 bits per heavy atom. The highest BCUT2D eigenvalue weighted by atomic mass is 32.2. The summed E-state index contributed by atoms with van der Waals surface area (Å²) in [7, 11) is 1.31. The summed E-state index contributed by atoms with van der Waals surface area (Å²) in [4.78, 5) is 0. The van der Waals surface area contributed by atoms with Crippen LogP contribution in [0.25, 0.3) is 0 Å². The lowest BCUT2D eigenvalue weighted by molar-refractivity contribution is 0.555. The molecule has 0 aliphatic heterocycles. The van der Waals surface area contributed by atoms with Crippen molar-refractivity contribution >= 4 is 10.8 Å². The summed E-state index contributed by atoms with van der Waals surface area (Å²) < 4.78 is 11.6. The Kier molecular flexibility index (Phi) is 7.57. The summed E-state index contributed by atoms with van der Waals surface area (Å²) in [6, 6.07) is 0.435. The molecule has 2 atom stereocenters. The van der Waals surface area contributed by atoms with Gasteiger partial charge in [0, 0.05) is 28.3 Å². The first-order valence-electron chi connectivity index (χ1n) is 5.12. The van der Waals surface area contributed by atoms with E-state index in [4.69, 9.17) is 0 Å². The predicted molar refractivity (Wildman–Crippen MR) is 60.5 cm³/mol. The molecular formula is C10H23NOS. The molecule has 2 nitrogen and oxygen atoms in total. The lowest BCUT2D eigenvalue weighted by Gasteiger charge is -2.15. The molecule has 0 radical (unpaired) electrons. The Morgan fingerprint density at radius 1 is 1.31 bits per heavy atom. The highest BCUT2D eigenvalue weighted by Gasteiger charge is 2.10. The third-order valence-electron chi connectivity index (χ3n) is 1.95. The van der Waals surface area contributed by atoms with Gasteiger partial charge in [-0.2, -0.15) is 0 Å². The normalized spacial score (nSPS) is 16.1. The summed E-state index contributed by atoms with van der Waals surface area (Å²) in [5.74, 6) is 2.18. The molecule has 0 aromatic rings. The molecule has 0 aromatic heterocycles. The third-order valence-corrected chi connectivity index (χ3v) is 3.76. The Balaban J connectivity index is 3.73. The van der Waals surface area contributed by atoms with Crippen molar-refractivity contribution in [2.24, 2.45) is 5.92 Å². The van der Waals surface area contributed by atoms with Crippen LogP contribution in [0.2, 0.25) is 0 Å². The minimum absolute atomic E-state index is 0.435. The van der Waals surface area contributed by atoms with Crippen LogP contribution >= 0.6 is 0 Å². The molecule has 0 saturated heterocycles. The third kappa shape index (κ3) is 7.20. The highest BCUT2D eigenvalue weighted by molar-refractivity contribution is 7.85. The molecule has 0 rings (SSSR count). The molecule has 0 fully saturated rings. The average Bonchev–Trinajstić information content (AvgIpc) is 2.02. The van der Waals surface area contributed by atoms with E-state index in [9.17, 15) is 4.21 Å². The quantitative estimate of drug-likeness (QED) is 0.686. The molecule has 1 N–H and O–H groups in total. The van der Waals surface area contributed by atoms with Crippen LogP contribution in [-0.2, 0) is 10.8 Å². The number of nitrogens with one attached hydrogen (secondary N) is 1. The fourth-order valence-electron chi connectivity index (χ4n) is 1.32. The van der Waals surface area contributed by atoms with Crippen molar-refractivity contribution in [3.63, 3.8) is 0 Å². The lowest BCUT2D eigenvalue weighted by Crippen LogP contribution is -2.32. The lowest BCUT2D eigenvalue weighted by atomic mass is 10.2. The molecule has 2 unspecified atom stereocenters. The van der Waals surface area contributed by atoms with Crippen LogP contribution in [0.5, 0.6) is 0 Å². The number of hydrogen-bond acceptors (Lipinski definition) is 2. The zero-order chi connectivity index (χ0) is 10.3. The second-order valence-electron chi connectivity index (χ2n) is 3.94. The van der Waals surface area contributed by atoms with E-state index in [0.717, 1.165) is 24.3 Å². The van der Waals surface area contributed by atoms with Gasteiger partial charge in [-0.15, -0.1) is 0 Å². The van der Waals surface area contributed by atoms with Gasteiger partial charge in [0.1, 0.15) is 0 Å². The molecule has 0 amide bonds. The van der Waals surface area contributed by atoms with Crippen LogP contribution in [0.15, 0.2) is 0 Å². The minimum atomic E-state index is -0.644. The van der Waals surface area contributed by atoms with Gasteiger partial charge in [0.25, 0.3) is 0 Å². The van der Waals surface area contributed by atoms with Crippen molar-refractivity contribution in [2.45, 2.75) is 39.7 Å². The predicted octanol–water partition coefficient (Wildman–Crippen LogP) is 1.78. The van der Waals surface area contributed by atoms with Gasteiger partial charge < -0.3 is 5.32 Å². The first-order chi connectivity index (χ1) is 6.10. The molecule has 13 heavy (non-hydrogen) atoms. The Labute approximate surface area is 84.9 Å². The molecule has 0 spiro atoms. The summed E-state index contributed by atoms with van der Waals surface area (Å²) >= 11 is 0. The molecule has 0 heterocycles. The molecule has 0 aliphatic rings. The standard InChI is InChI=1S/C10H23NOS/c1-5-6-10(11-4)8-13(12)7-9(2)3/h9-11H,5-8H2,1-4H3. The van der Waals surface area contributed by atoms with E-state index in [1.807, 2.05) is 7.05 Å². The zero-order valence-electron chi connectivity index (χ0n) is 9.30. The number of rotatable bonds is 7. The van der Waals surface area contributed by atoms with Gasteiger partial charge in [0.2, 0.25) is 0 Å². The summed E-state index contributed by atoms with van der Waals surface area (Å²) in [5, 5.41) is 3.21. The van der Waals surface area contributed by atoms with E-state index >= 15 is 0 Å². The van der Waals surface area contributed by atoms with E-state index < -0.39 is 10.8 Å². The second kappa shape index (κ2) is 7.51. The smallest absolute Gasteiger partial charge is 0.0388 e. The fraction of sp³-hybridized carbons (Fsp3) is 1.00. The van der Waals surface area contributed by atoms with Crippen molar-refractivity contribution in [2.75, 3.05) is 18.6 Å². The monoisotopic (exact) mass is 205 g/mol. The molecule has 3 heteroatoms. The largest absolute Gasteiger partial charge is 0.316 e. The van der Waals surface area contributed by atoms with Crippen LogP contribution in [-0.4, -0.2) is 28.8 Å². The summed E-state index contributed by atoms with van der Waals surface area (Å²) in [5.41, 5.74) is 0. The van der Waals surface area contributed by atoms with Crippen LogP contribution in [0.4, 0.5) is 0 Å². The van der Waals surface area contributed by atoms with Gasteiger partial charge in [-0.3, -0.25) is 4.21 Å². The number of hydrogen-bond donors (Lipinski definition) is 1. The first-order valence-corrected chi connectivity index (χ1v) is 6.61. The van der Waals surface area contributed by atoms with E-state index in [2.05, 4.69) is 26.1 Å². The van der Waals surface area contributed by atoms with Gasteiger partial charge >= 0.3 is 0 Å². The van der Waals surface area contributed by atoms with Crippen molar-refractivity contribution in [3.8, 4) is 0 Å². The summed E-state index contributed by atoms with van der Waals surface area (Å²) in [6.07, 6.45) is 2.28. The van der Waals surface area contributed by atoms with E-state index in [1.54, 1.807) is 0 Å². The van der Waals surface area contributed by atoms with E-state index in [-0.39, 0.29) is 0 Å². The maximum Gasteiger partial charge on any atom is 0.0388 e. The van der Waals surface area contributed by atoms with Gasteiger partial charge in [0.15, 0.2) is 0 Å². The average molecular weight is 205 g/mol. The van der Waals surface area contributed by atoms with E-state index in [0.29, 0.717) is 12.0 Å². The molecule has 80 valence electrons. The van der Waals surface area contributed by atoms with Crippen molar-refractivity contribution < 1.29 is 4.21 Å². The van der Waals surface area contributed by atoms with Gasteiger partial charge in [-0.05, 0) is 19.4 Å². The van der Waals surface area contributed by atoms with Gasteiger partial charge in [-0.25, -0.2) is 0 Å². The molecule has 0 aliphatic carbocycles. The molecule has 0 aromatic carbocycles. The van der Waals surface area contributed by atoms with Gasteiger partial charge in [-0.1, -0.05) is 27.2 Å². The van der Waals surface area contributed by atoms with Crippen molar-refractivity contribution in [1.82, 2.24) is 5.32 Å². The van der Waals surface area contributed by atoms with Crippen molar-refractivity contribution in [3.05, 3.63) is 0 Å². The molecule has 0 bridgehead atoms. The fourth-order valence-corrected chi connectivity index (χ4v) is 2.99. The van der Waals surface area contributed by atoms with Crippen molar-refractivity contribution in [1.29, 1.82) is 0 Å². The van der Waals surface area contributed by atoms with Crippen LogP contribution in [0.1, 0.15) is 33.6 Å². The van der Waals surface area contributed by atoms with Crippen LogP contribution < -0.4 is 5.32 Å². The Bertz CT molecular complexity index is 148. The molecule has 0 saturated carbocycles. The van der Waals surface area contributed by atoms with Gasteiger partial charge in [0.05, 0.1) is 0 Å². The zero-order valence-corrected chi connectivity index (χ0v) is 10.1. The van der Waals surface area contributed by atoms with Crippen LogP contribution in [0, 0.1) is 5.92 Å². The Morgan fingerprint density at radius 3 is 2.31 bits per heavy atom. The van der Waals surface area contributed by atoms with E-state index in [1.165, 1.54) is 0 Å². The maximum atomic E-state index is 11.6. The minimum Gasteiger partial charge on any atom is -0.316 e. The summed E-state index contributed by atoms with van der Waals surface area (Å²) in [6.45, 7) is 6.40. The highest BCUT2D eigenvalue weighted by Crippen LogP contribution is 2.02. The first kappa shape index (κ1) is 13.1. The Hall–Kier alpha value is 0.110. The maximum absolute atomic E-state index is 11.6. The molecular weight excluding hydrogens is 182 g/mol. The SMILES string of the molecule is CCCC(CS(=O)CC(C)C)NC. The second-order valence-corrected chi connectivity index (χ2v) is 5.49. The van der Waals surface area contributed by atoms with Crippen LogP contribution in [0.3, 0.4) is 0 Å².